The topological polar surface area (TPSA) is 54.0 Å². The molecule has 5 heteroatoms. The molecular weight excluding hydrogens is 282 g/mol. The van der Waals surface area contributed by atoms with Gasteiger partial charge in [-0.25, -0.2) is 4.98 Å². The highest BCUT2D eigenvalue weighted by molar-refractivity contribution is 7.14. The molecule has 1 aliphatic rings. The van der Waals surface area contributed by atoms with Crippen molar-refractivity contribution < 1.29 is 4.79 Å². The van der Waals surface area contributed by atoms with Crippen molar-refractivity contribution in [1.82, 2.24) is 4.98 Å². The quantitative estimate of drug-likeness (QED) is 0.877. The molecule has 0 saturated heterocycles. The standard InChI is InChI=1S/C16H19N3OS/c1-3-17-13-7-6-12(8-10(13)2)15(20)19-16-18-14(9-21-16)11-4-5-11/h6-9,11,17H,3-5H2,1-2H3,(H,18,19,20). The number of thiazole rings is 1. The third-order valence-corrected chi connectivity index (χ3v) is 4.37. The molecule has 2 aromatic rings. The van der Waals surface area contributed by atoms with Crippen LogP contribution < -0.4 is 10.6 Å². The van der Waals surface area contributed by atoms with Crippen LogP contribution in [-0.2, 0) is 0 Å². The highest BCUT2D eigenvalue weighted by Gasteiger charge is 2.26. The molecule has 0 bridgehead atoms. The maximum Gasteiger partial charge on any atom is 0.257 e. The minimum absolute atomic E-state index is 0.0992. The van der Waals surface area contributed by atoms with Crippen LogP contribution in [0.5, 0.6) is 0 Å². The molecular formula is C16H19N3OS. The van der Waals surface area contributed by atoms with Gasteiger partial charge in [0, 0.05) is 29.1 Å². The molecule has 1 aliphatic carbocycles. The molecule has 0 atom stereocenters. The molecule has 1 fully saturated rings. The van der Waals surface area contributed by atoms with Crippen LogP contribution in [0.15, 0.2) is 23.6 Å². The van der Waals surface area contributed by atoms with Crippen LogP contribution in [0.2, 0.25) is 0 Å². The van der Waals surface area contributed by atoms with Crippen LogP contribution in [0.1, 0.15) is 47.3 Å². The van der Waals surface area contributed by atoms with E-state index in [0.717, 1.165) is 23.5 Å². The molecule has 1 heterocycles. The van der Waals surface area contributed by atoms with Gasteiger partial charge in [-0.1, -0.05) is 0 Å². The van der Waals surface area contributed by atoms with E-state index >= 15 is 0 Å². The predicted octanol–water partition coefficient (Wildman–Crippen LogP) is 4.01. The molecule has 21 heavy (non-hydrogen) atoms. The van der Waals surface area contributed by atoms with Gasteiger partial charge in [0.15, 0.2) is 5.13 Å². The minimum Gasteiger partial charge on any atom is -0.385 e. The largest absolute Gasteiger partial charge is 0.385 e. The highest BCUT2D eigenvalue weighted by Crippen LogP contribution is 2.40. The van der Waals surface area contributed by atoms with Gasteiger partial charge in [0.05, 0.1) is 5.69 Å². The van der Waals surface area contributed by atoms with E-state index in [-0.39, 0.29) is 5.91 Å². The molecule has 0 aliphatic heterocycles. The Hall–Kier alpha value is -1.88. The summed E-state index contributed by atoms with van der Waals surface area (Å²) in [6, 6.07) is 5.70. The lowest BCUT2D eigenvalue weighted by molar-refractivity contribution is 0.102. The number of hydrogen-bond donors (Lipinski definition) is 2. The van der Waals surface area contributed by atoms with Crippen LogP contribution in [-0.4, -0.2) is 17.4 Å². The molecule has 110 valence electrons. The molecule has 4 nitrogen and oxygen atoms in total. The van der Waals surface area contributed by atoms with Crippen molar-refractivity contribution in [3.63, 3.8) is 0 Å². The minimum atomic E-state index is -0.0992. The summed E-state index contributed by atoms with van der Waals surface area (Å²) in [5, 5.41) is 8.90. The van der Waals surface area contributed by atoms with Crippen molar-refractivity contribution in [2.24, 2.45) is 0 Å². The first-order valence-electron chi connectivity index (χ1n) is 7.28. The van der Waals surface area contributed by atoms with Crippen molar-refractivity contribution in [2.45, 2.75) is 32.6 Å². The third-order valence-electron chi connectivity index (χ3n) is 3.59. The van der Waals surface area contributed by atoms with Crippen molar-refractivity contribution in [3.8, 4) is 0 Å². The molecule has 1 aromatic heterocycles. The Bertz CT molecular complexity index is 661. The molecule has 1 saturated carbocycles. The van der Waals surface area contributed by atoms with Gasteiger partial charge in [-0.2, -0.15) is 0 Å². The number of aromatic nitrogens is 1. The second-order valence-electron chi connectivity index (χ2n) is 5.37. The zero-order chi connectivity index (χ0) is 14.8. The average molecular weight is 301 g/mol. The molecule has 0 spiro atoms. The Morgan fingerprint density at radius 1 is 1.43 bits per heavy atom. The number of carbonyl (C=O) groups is 1. The van der Waals surface area contributed by atoms with Crippen LogP contribution >= 0.6 is 11.3 Å². The van der Waals surface area contributed by atoms with E-state index in [4.69, 9.17) is 0 Å². The van der Waals surface area contributed by atoms with Crippen LogP contribution in [0.4, 0.5) is 10.8 Å². The fraction of sp³-hybridized carbons (Fsp3) is 0.375. The van der Waals surface area contributed by atoms with Gasteiger partial charge in [0.25, 0.3) is 5.91 Å². The third kappa shape index (κ3) is 3.24. The average Bonchev–Trinajstić information content (AvgIpc) is 3.22. The van der Waals surface area contributed by atoms with Gasteiger partial charge >= 0.3 is 0 Å². The van der Waals surface area contributed by atoms with Gasteiger partial charge in [0.1, 0.15) is 0 Å². The van der Waals surface area contributed by atoms with E-state index in [9.17, 15) is 4.79 Å². The number of anilines is 2. The number of aryl methyl sites for hydroxylation is 1. The molecule has 0 radical (unpaired) electrons. The number of rotatable bonds is 5. The number of carbonyl (C=O) groups excluding carboxylic acids is 1. The summed E-state index contributed by atoms with van der Waals surface area (Å²) in [7, 11) is 0. The molecule has 3 rings (SSSR count). The van der Waals surface area contributed by atoms with E-state index in [1.54, 1.807) is 0 Å². The first-order valence-corrected chi connectivity index (χ1v) is 8.16. The van der Waals surface area contributed by atoms with Gasteiger partial charge in [-0.3, -0.25) is 10.1 Å². The number of amides is 1. The summed E-state index contributed by atoms with van der Waals surface area (Å²) in [6.07, 6.45) is 2.45. The van der Waals surface area contributed by atoms with E-state index in [1.807, 2.05) is 30.5 Å². The van der Waals surface area contributed by atoms with Crippen molar-refractivity contribution in [3.05, 3.63) is 40.4 Å². The smallest absolute Gasteiger partial charge is 0.257 e. The maximum atomic E-state index is 12.3. The van der Waals surface area contributed by atoms with E-state index in [0.29, 0.717) is 16.6 Å². The van der Waals surface area contributed by atoms with Gasteiger partial charge < -0.3 is 5.32 Å². The number of nitrogens with one attached hydrogen (secondary N) is 2. The van der Waals surface area contributed by atoms with E-state index in [2.05, 4.69) is 22.5 Å². The normalized spacial score (nSPS) is 14.0. The Morgan fingerprint density at radius 3 is 2.90 bits per heavy atom. The second kappa shape index (κ2) is 5.85. The van der Waals surface area contributed by atoms with Crippen molar-refractivity contribution in [1.29, 1.82) is 0 Å². The zero-order valence-corrected chi connectivity index (χ0v) is 13.1. The SMILES string of the molecule is CCNc1ccc(C(=O)Nc2nc(C3CC3)cs2)cc1C. The first-order chi connectivity index (χ1) is 10.2. The summed E-state index contributed by atoms with van der Waals surface area (Å²) in [5.74, 6) is 0.520. The van der Waals surface area contributed by atoms with Crippen molar-refractivity contribution in [2.75, 3.05) is 17.2 Å². The van der Waals surface area contributed by atoms with Gasteiger partial charge in [-0.05, 0) is 50.5 Å². The van der Waals surface area contributed by atoms with E-state index in [1.165, 1.54) is 24.2 Å². The van der Waals surface area contributed by atoms with Crippen LogP contribution in [0, 0.1) is 6.92 Å². The number of benzene rings is 1. The number of nitrogens with zero attached hydrogens (tertiary/aromatic N) is 1. The van der Waals surface area contributed by atoms with Crippen LogP contribution in [0.3, 0.4) is 0 Å². The predicted molar refractivity (Wildman–Crippen MR) is 87.4 cm³/mol. The molecule has 1 amide bonds. The molecule has 2 N–H and O–H groups in total. The Balaban J connectivity index is 1.70. The van der Waals surface area contributed by atoms with Crippen molar-refractivity contribution >= 4 is 28.1 Å². The Kier molecular flexibility index (Phi) is 3.92. The zero-order valence-electron chi connectivity index (χ0n) is 12.3. The lowest BCUT2D eigenvalue weighted by atomic mass is 10.1. The maximum absolute atomic E-state index is 12.3. The van der Waals surface area contributed by atoms with E-state index < -0.39 is 0 Å². The monoisotopic (exact) mass is 301 g/mol. The molecule has 1 aromatic carbocycles. The summed E-state index contributed by atoms with van der Waals surface area (Å²) in [4.78, 5) is 16.7. The lowest BCUT2D eigenvalue weighted by Gasteiger charge is -2.09. The summed E-state index contributed by atoms with van der Waals surface area (Å²) >= 11 is 1.50. The Labute approximate surface area is 128 Å². The number of hydrogen-bond acceptors (Lipinski definition) is 4. The van der Waals surface area contributed by atoms with Gasteiger partial charge in [-0.15, -0.1) is 11.3 Å². The summed E-state index contributed by atoms with van der Waals surface area (Å²) in [6.45, 7) is 4.93. The van der Waals surface area contributed by atoms with Gasteiger partial charge in [0.2, 0.25) is 0 Å². The highest BCUT2D eigenvalue weighted by atomic mass is 32.1. The fourth-order valence-corrected chi connectivity index (χ4v) is 3.06. The fourth-order valence-electron chi connectivity index (χ4n) is 2.27. The second-order valence-corrected chi connectivity index (χ2v) is 6.22. The molecule has 0 unspecified atom stereocenters. The first kappa shape index (κ1) is 14.1. The summed E-state index contributed by atoms with van der Waals surface area (Å²) in [5.41, 5.74) is 3.92. The lowest BCUT2D eigenvalue weighted by Crippen LogP contribution is -2.12. The summed E-state index contributed by atoms with van der Waals surface area (Å²) < 4.78 is 0. The van der Waals surface area contributed by atoms with Crippen LogP contribution in [0.25, 0.3) is 0 Å². The Morgan fingerprint density at radius 2 is 2.24 bits per heavy atom.